The van der Waals surface area contributed by atoms with Crippen molar-refractivity contribution in [2.75, 3.05) is 6.54 Å². The van der Waals surface area contributed by atoms with Crippen molar-refractivity contribution in [1.29, 1.82) is 0 Å². The predicted octanol–water partition coefficient (Wildman–Crippen LogP) is 3.34. The van der Waals surface area contributed by atoms with Crippen molar-refractivity contribution in [3.63, 3.8) is 0 Å². The van der Waals surface area contributed by atoms with Crippen molar-refractivity contribution in [3.05, 3.63) is 5.21 Å². The Bertz CT molecular complexity index is 385. The van der Waals surface area contributed by atoms with E-state index in [1.54, 1.807) is 5.01 Å². The molecule has 0 aliphatic heterocycles. The molecule has 7 nitrogen and oxygen atoms in total. The van der Waals surface area contributed by atoms with E-state index in [4.69, 9.17) is 9.94 Å². The van der Waals surface area contributed by atoms with Gasteiger partial charge in [-0.05, 0) is 52.9 Å². The van der Waals surface area contributed by atoms with Crippen LogP contribution in [0.5, 0.6) is 0 Å². The number of carboxylic acids is 1. The van der Waals surface area contributed by atoms with Crippen LogP contribution in [0.1, 0.15) is 66.2 Å². The second-order valence-electron chi connectivity index (χ2n) is 6.90. The Balaban J connectivity index is 2.54. The lowest BCUT2D eigenvalue weighted by molar-refractivity contribution is -0.726. The number of aliphatic carboxylic acids is 1. The number of hydrogen-bond donors (Lipinski definition) is 1. The molecule has 0 radical (unpaired) electrons. The molecule has 0 spiro atoms. The first-order valence-corrected chi connectivity index (χ1v) is 8.10. The van der Waals surface area contributed by atoms with E-state index in [2.05, 4.69) is 12.2 Å². The van der Waals surface area contributed by atoms with Crippen LogP contribution in [-0.2, 0) is 9.63 Å². The van der Waals surface area contributed by atoms with Gasteiger partial charge in [-0.3, -0.25) is 4.79 Å². The third-order valence-electron chi connectivity index (χ3n) is 3.99. The zero-order valence-corrected chi connectivity index (χ0v) is 14.1. The quantitative estimate of drug-likeness (QED) is 0.442. The molecule has 1 saturated carbocycles. The Morgan fingerprint density at radius 2 is 1.95 bits per heavy atom. The van der Waals surface area contributed by atoms with Crippen LogP contribution in [0.2, 0.25) is 0 Å². The van der Waals surface area contributed by atoms with Gasteiger partial charge in [0.1, 0.15) is 6.10 Å². The summed E-state index contributed by atoms with van der Waals surface area (Å²) in [4.78, 5) is 16.8. The lowest BCUT2D eigenvalue weighted by Crippen LogP contribution is -2.46. The lowest BCUT2D eigenvalue weighted by Gasteiger charge is -2.30. The van der Waals surface area contributed by atoms with Crippen LogP contribution in [0, 0.1) is 11.1 Å². The first kappa shape index (κ1) is 18.5. The van der Waals surface area contributed by atoms with Gasteiger partial charge in [-0.1, -0.05) is 13.3 Å². The zero-order valence-electron chi connectivity index (χ0n) is 14.1. The Labute approximate surface area is 132 Å². The van der Waals surface area contributed by atoms with Crippen molar-refractivity contribution in [3.8, 4) is 0 Å². The van der Waals surface area contributed by atoms with E-state index in [1.807, 2.05) is 20.8 Å². The van der Waals surface area contributed by atoms with E-state index in [-0.39, 0.29) is 17.6 Å². The second-order valence-corrected chi connectivity index (χ2v) is 6.90. The molecule has 0 saturated heterocycles. The van der Waals surface area contributed by atoms with Gasteiger partial charge >= 0.3 is 5.97 Å². The molecule has 1 rings (SSSR count). The third-order valence-corrected chi connectivity index (χ3v) is 3.99. The molecule has 0 aromatic rings. The van der Waals surface area contributed by atoms with Crippen LogP contribution in [0.15, 0.2) is 5.28 Å². The van der Waals surface area contributed by atoms with Crippen molar-refractivity contribution < 1.29 is 19.7 Å². The molecular weight excluding hydrogens is 286 g/mol. The maximum atomic E-state index is 12.2. The van der Waals surface area contributed by atoms with Crippen molar-refractivity contribution in [1.82, 2.24) is 5.01 Å². The summed E-state index contributed by atoms with van der Waals surface area (Å²) in [5.74, 6) is -1.04. The predicted molar refractivity (Wildman–Crippen MR) is 81.9 cm³/mol. The summed E-state index contributed by atoms with van der Waals surface area (Å²) >= 11 is 0. The summed E-state index contributed by atoms with van der Waals surface area (Å²) < 4.78 is 0. The normalized spacial score (nSPS) is 23.2. The molecule has 1 aliphatic rings. The minimum Gasteiger partial charge on any atom is -0.569 e. The molecule has 0 atom stereocenters. The van der Waals surface area contributed by atoms with Gasteiger partial charge in [0.25, 0.3) is 0 Å². The number of carboxylic acid groups (broad SMARTS) is 1. The topological polar surface area (TPSA) is 88.2 Å². The zero-order chi connectivity index (χ0) is 16.8. The van der Waals surface area contributed by atoms with Gasteiger partial charge in [-0.2, -0.15) is 0 Å². The Morgan fingerprint density at radius 1 is 1.36 bits per heavy atom. The Hall–Kier alpha value is -1.53. The Morgan fingerprint density at radius 3 is 2.41 bits per heavy atom. The van der Waals surface area contributed by atoms with E-state index in [1.165, 1.54) is 0 Å². The van der Waals surface area contributed by atoms with Crippen LogP contribution in [0.3, 0.4) is 0 Å². The average molecular weight is 315 g/mol. The highest BCUT2D eigenvalue weighted by molar-refractivity contribution is 5.69. The van der Waals surface area contributed by atoms with Crippen LogP contribution >= 0.6 is 0 Å². The van der Waals surface area contributed by atoms with Gasteiger partial charge in [-0.25, -0.2) is 0 Å². The summed E-state index contributed by atoms with van der Waals surface area (Å²) in [6.45, 7) is 8.58. The van der Waals surface area contributed by atoms with Crippen LogP contribution in [-0.4, -0.2) is 39.2 Å². The maximum absolute atomic E-state index is 12.2. The molecule has 0 bridgehead atoms. The maximum Gasteiger partial charge on any atom is 0.306 e. The fourth-order valence-corrected chi connectivity index (χ4v) is 2.55. The van der Waals surface area contributed by atoms with Crippen molar-refractivity contribution in [2.24, 2.45) is 11.2 Å². The van der Waals surface area contributed by atoms with Crippen LogP contribution in [0.4, 0.5) is 0 Å². The van der Waals surface area contributed by atoms with Gasteiger partial charge in [0.2, 0.25) is 5.28 Å². The summed E-state index contributed by atoms with van der Waals surface area (Å²) in [6.07, 6.45) is 4.15. The minimum absolute atomic E-state index is 0.167. The monoisotopic (exact) mass is 315 g/mol. The van der Waals surface area contributed by atoms with E-state index in [0.717, 1.165) is 12.8 Å². The van der Waals surface area contributed by atoms with Gasteiger partial charge in [0.05, 0.1) is 23.0 Å². The number of hydrazine groups is 1. The molecule has 0 aromatic heterocycles. The first-order valence-electron chi connectivity index (χ1n) is 8.10. The van der Waals surface area contributed by atoms with Gasteiger partial charge in [-0.15, -0.1) is 5.01 Å². The number of carbonyl (C=O) groups is 1. The van der Waals surface area contributed by atoms with Crippen LogP contribution < -0.4 is 0 Å². The summed E-state index contributed by atoms with van der Waals surface area (Å²) in [7, 11) is 0. The molecule has 0 aromatic carbocycles. The summed E-state index contributed by atoms with van der Waals surface area (Å²) in [6, 6.07) is 0. The number of unbranched alkanes of at least 4 members (excludes halogenated alkanes) is 1. The molecule has 0 heterocycles. The van der Waals surface area contributed by atoms with E-state index in [9.17, 15) is 10.0 Å². The highest BCUT2D eigenvalue weighted by Gasteiger charge is 2.30. The first-order chi connectivity index (χ1) is 10.3. The van der Waals surface area contributed by atoms with Gasteiger partial charge in [0, 0.05) is 0 Å². The molecule has 22 heavy (non-hydrogen) atoms. The molecular formula is C15H29N3O4. The summed E-state index contributed by atoms with van der Waals surface area (Å²) in [5.41, 5.74) is -0.329. The van der Waals surface area contributed by atoms with Crippen molar-refractivity contribution in [2.45, 2.75) is 77.9 Å². The fraction of sp³-hybridized carbons (Fsp3) is 0.933. The van der Waals surface area contributed by atoms with Gasteiger partial charge < -0.3 is 15.2 Å². The van der Waals surface area contributed by atoms with E-state index in [0.29, 0.717) is 37.2 Å². The molecule has 0 amide bonds. The summed E-state index contributed by atoms with van der Waals surface area (Å²) in [5, 5.41) is 26.5. The third kappa shape index (κ3) is 5.69. The van der Waals surface area contributed by atoms with E-state index < -0.39 is 5.97 Å². The van der Waals surface area contributed by atoms with E-state index >= 15 is 0 Å². The van der Waals surface area contributed by atoms with Gasteiger partial charge in [0.15, 0.2) is 0 Å². The lowest BCUT2D eigenvalue weighted by atomic mass is 9.88. The Kier molecular flexibility index (Phi) is 6.90. The second kappa shape index (κ2) is 8.19. The highest BCUT2D eigenvalue weighted by Crippen LogP contribution is 2.26. The number of rotatable bonds is 7. The highest BCUT2D eigenvalue weighted by atomic mass is 16.7. The molecule has 1 N–H and O–H groups in total. The molecule has 7 heteroatoms. The fourth-order valence-electron chi connectivity index (χ4n) is 2.55. The molecule has 128 valence electrons. The largest absolute Gasteiger partial charge is 0.569 e. The SMILES string of the molecule is CCCCN(/[N+]([O-])=N\OC1CCC(C(=O)O)CC1)C(C)(C)C. The molecule has 1 aliphatic carbocycles. The average Bonchev–Trinajstić information content (AvgIpc) is 2.44. The van der Waals surface area contributed by atoms with Crippen LogP contribution in [0.25, 0.3) is 0 Å². The number of nitrogens with zero attached hydrogens (tertiary/aromatic N) is 3. The standard InChI is InChI=1S/C15H29N3O4/c1-5-6-11-17(15(2,3)4)18(21)16-22-13-9-7-12(8-10-13)14(19)20/h12-13H,5-11H2,1-4H3,(H,19,20)/b18-16+. The number of hydrogen-bond acceptors (Lipinski definition) is 4. The molecule has 1 fully saturated rings. The minimum atomic E-state index is -0.751. The molecule has 0 unspecified atom stereocenters. The van der Waals surface area contributed by atoms with Crippen molar-refractivity contribution >= 4 is 5.97 Å². The smallest absolute Gasteiger partial charge is 0.306 e.